The molecule has 0 bridgehead atoms. The van der Waals surface area contributed by atoms with Gasteiger partial charge in [0.25, 0.3) is 0 Å². The number of nitrogens with zero attached hydrogens (tertiary/aromatic N) is 2. The summed E-state index contributed by atoms with van der Waals surface area (Å²) in [5, 5.41) is 10.0. The van der Waals surface area contributed by atoms with E-state index in [1.807, 2.05) is 23.5 Å². The fourth-order valence-electron chi connectivity index (χ4n) is 8.40. The normalized spacial score (nSPS) is 12.3. The van der Waals surface area contributed by atoms with Crippen LogP contribution in [0.25, 0.3) is 97.1 Å². The SMILES string of the molecule is CCCCc1ccc2sc3cc(-n4c5ccccc5c5ccc6c(c7ccccc7n6-c6ccc7c(c6)oc6ccccc67)c54)ccc3c2c1. The van der Waals surface area contributed by atoms with Gasteiger partial charge in [0.05, 0.1) is 22.1 Å². The van der Waals surface area contributed by atoms with Crippen molar-refractivity contribution in [3.05, 3.63) is 145 Å². The van der Waals surface area contributed by atoms with Crippen molar-refractivity contribution in [2.75, 3.05) is 0 Å². The summed E-state index contributed by atoms with van der Waals surface area (Å²) in [5.74, 6) is 0. The van der Waals surface area contributed by atoms with Crippen LogP contribution in [-0.2, 0) is 6.42 Å². The van der Waals surface area contributed by atoms with Crippen LogP contribution < -0.4 is 0 Å². The van der Waals surface area contributed by atoms with E-state index < -0.39 is 0 Å². The van der Waals surface area contributed by atoms with Crippen LogP contribution in [0.1, 0.15) is 25.3 Å². The standard InChI is InChI=1S/C46H32N2OS/c1-2-3-10-28-17-24-43-37(25-28)34-21-19-30(27-44(34)50-43)48-38-14-7-4-11-31(38)35-22-23-40-45(46(35)48)36-13-5-8-15-39(36)47(40)29-18-20-33-32-12-6-9-16-41(32)49-42(33)26-29/h4-9,11-27H,2-3,10H2,1H3. The molecule has 238 valence electrons. The Morgan fingerprint density at radius 3 is 2.06 bits per heavy atom. The molecule has 0 N–H and O–H groups in total. The van der Waals surface area contributed by atoms with Gasteiger partial charge in [-0.25, -0.2) is 0 Å². The first-order valence-electron chi connectivity index (χ1n) is 17.6. The van der Waals surface area contributed by atoms with Crippen molar-refractivity contribution in [1.29, 1.82) is 0 Å². The summed E-state index contributed by atoms with van der Waals surface area (Å²) in [4.78, 5) is 0. The Morgan fingerprint density at radius 1 is 0.500 bits per heavy atom. The molecule has 0 aliphatic rings. The lowest BCUT2D eigenvalue weighted by molar-refractivity contribution is 0.668. The lowest BCUT2D eigenvalue weighted by Gasteiger charge is -2.10. The van der Waals surface area contributed by atoms with Crippen molar-refractivity contribution in [1.82, 2.24) is 9.13 Å². The predicted octanol–water partition coefficient (Wildman–Crippen LogP) is 13.5. The van der Waals surface area contributed by atoms with Gasteiger partial charge in [-0.05, 0) is 79.1 Å². The number of hydrogen-bond donors (Lipinski definition) is 0. The Bertz CT molecular complexity index is 3150. The molecule has 7 aromatic carbocycles. The zero-order valence-electron chi connectivity index (χ0n) is 27.6. The lowest BCUT2D eigenvalue weighted by atomic mass is 10.0. The van der Waals surface area contributed by atoms with Gasteiger partial charge in [0.15, 0.2) is 0 Å². The highest BCUT2D eigenvalue weighted by atomic mass is 32.1. The molecule has 11 aromatic rings. The van der Waals surface area contributed by atoms with Crippen molar-refractivity contribution in [2.24, 2.45) is 0 Å². The molecular formula is C46H32N2OS. The van der Waals surface area contributed by atoms with Crippen LogP contribution in [0, 0.1) is 0 Å². The highest BCUT2D eigenvalue weighted by Gasteiger charge is 2.21. The number of fused-ring (bicyclic) bond motifs is 13. The number of furan rings is 1. The lowest BCUT2D eigenvalue weighted by Crippen LogP contribution is -1.95. The van der Waals surface area contributed by atoms with Crippen molar-refractivity contribution in [3.63, 3.8) is 0 Å². The molecule has 0 amide bonds. The average Bonchev–Trinajstić information content (AvgIpc) is 3.90. The van der Waals surface area contributed by atoms with E-state index in [1.54, 1.807) is 0 Å². The monoisotopic (exact) mass is 660 g/mol. The van der Waals surface area contributed by atoms with Crippen LogP contribution in [0.5, 0.6) is 0 Å². The minimum atomic E-state index is 0.902. The third-order valence-corrected chi connectivity index (χ3v) is 11.8. The number of hydrogen-bond acceptors (Lipinski definition) is 2. The van der Waals surface area contributed by atoms with Gasteiger partial charge in [0.2, 0.25) is 0 Å². The number of aromatic nitrogens is 2. The molecule has 0 spiro atoms. The molecule has 0 unspecified atom stereocenters. The Hall–Kier alpha value is -5.84. The summed E-state index contributed by atoms with van der Waals surface area (Å²) in [5.41, 5.74) is 10.4. The molecule has 0 atom stereocenters. The smallest absolute Gasteiger partial charge is 0.137 e. The topological polar surface area (TPSA) is 23.0 Å². The highest BCUT2D eigenvalue weighted by Crippen LogP contribution is 2.44. The van der Waals surface area contributed by atoms with Gasteiger partial charge < -0.3 is 13.6 Å². The van der Waals surface area contributed by atoms with Crippen LogP contribution in [0.3, 0.4) is 0 Å². The van der Waals surface area contributed by atoms with Crippen molar-refractivity contribution in [3.8, 4) is 11.4 Å². The van der Waals surface area contributed by atoms with E-state index in [-0.39, 0.29) is 0 Å². The van der Waals surface area contributed by atoms with E-state index in [2.05, 4.69) is 143 Å². The van der Waals surface area contributed by atoms with Gasteiger partial charge in [0, 0.05) is 69.9 Å². The first-order valence-corrected chi connectivity index (χ1v) is 18.4. The molecule has 0 aliphatic carbocycles. The van der Waals surface area contributed by atoms with Gasteiger partial charge in [-0.15, -0.1) is 11.3 Å². The van der Waals surface area contributed by atoms with Crippen LogP contribution >= 0.6 is 11.3 Å². The third-order valence-electron chi connectivity index (χ3n) is 10.7. The van der Waals surface area contributed by atoms with Crippen LogP contribution in [0.15, 0.2) is 144 Å². The van der Waals surface area contributed by atoms with Gasteiger partial charge in [-0.2, -0.15) is 0 Å². The van der Waals surface area contributed by atoms with Crippen molar-refractivity contribution in [2.45, 2.75) is 26.2 Å². The minimum Gasteiger partial charge on any atom is -0.456 e. The van der Waals surface area contributed by atoms with E-state index in [4.69, 9.17) is 4.42 Å². The molecule has 4 heteroatoms. The summed E-state index contributed by atoms with van der Waals surface area (Å²) < 4.78 is 14.0. The third kappa shape index (κ3) is 3.91. The molecular weight excluding hydrogens is 629 g/mol. The van der Waals surface area contributed by atoms with Gasteiger partial charge in [-0.3, -0.25) is 0 Å². The summed E-state index contributed by atoms with van der Waals surface area (Å²) >= 11 is 1.90. The van der Waals surface area contributed by atoms with Crippen molar-refractivity contribution >= 4 is 97.1 Å². The Labute approximate surface area is 292 Å². The largest absolute Gasteiger partial charge is 0.456 e. The number of para-hydroxylation sites is 3. The second-order valence-electron chi connectivity index (χ2n) is 13.6. The predicted molar refractivity (Wildman–Crippen MR) is 214 cm³/mol. The second-order valence-corrected chi connectivity index (χ2v) is 14.6. The number of thiophene rings is 1. The fourth-order valence-corrected chi connectivity index (χ4v) is 9.52. The van der Waals surface area contributed by atoms with Crippen LogP contribution in [-0.4, -0.2) is 9.13 Å². The molecule has 0 radical (unpaired) electrons. The van der Waals surface area contributed by atoms with E-state index in [9.17, 15) is 0 Å². The molecule has 11 rings (SSSR count). The van der Waals surface area contributed by atoms with E-state index in [0.29, 0.717) is 0 Å². The second kappa shape index (κ2) is 10.6. The fraction of sp³-hybridized carbons (Fsp3) is 0.0870. The molecule has 3 nitrogen and oxygen atoms in total. The maximum absolute atomic E-state index is 6.37. The summed E-state index contributed by atoms with van der Waals surface area (Å²) in [7, 11) is 0. The van der Waals surface area contributed by atoms with Crippen LogP contribution in [0.4, 0.5) is 0 Å². The van der Waals surface area contributed by atoms with Gasteiger partial charge >= 0.3 is 0 Å². The molecule has 0 saturated heterocycles. The Kier molecular flexibility index (Phi) is 5.93. The average molecular weight is 661 g/mol. The summed E-state index contributed by atoms with van der Waals surface area (Å²) in [6, 6.07) is 51.4. The quantitative estimate of drug-likeness (QED) is 0.180. The molecule has 50 heavy (non-hydrogen) atoms. The zero-order valence-corrected chi connectivity index (χ0v) is 28.4. The Morgan fingerprint density at radius 2 is 1.20 bits per heavy atom. The zero-order chi connectivity index (χ0) is 32.9. The first kappa shape index (κ1) is 28.0. The van der Waals surface area contributed by atoms with Gasteiger partial charge in [-0.1, -0.05) is 86.1 Å². The molecule has 0 aliphatic heterocycles. The number of rotatable bonds is 5. The summed E-state index contributed by atoms with van der Waals surface area (Å²) in [6.07, 6.45) is 3.58. The molecule has 0 saturated carbocycles. The first-order chi connectivity index (χ1) is 24.7. The van der Waals surface area contributed by atoms with E-state index in [0.717, 1.165) is 34.0 Å². The molecule has 0 fully saturated rings. The molecule has 4 heterocycles. The minimum absolute atomic E-state index is 0.902. The van der Waals surface area contributed by atoms with E-state index >= 15 is 0 Å². The Balaban J connectivity index is 1.20. The highest BCUT2D eigenvalue weighted by molar-refractivity contribution is 7.25. The summed E-state index contributed by atoms with van der Waals surface area (Å²) in [6.45, 7) is 2.27. The maximum Gasteiger partial charge on any atom is 0.137 e. The van der Waals surface area contributed by atoms with Gasteiger partial charge in [0.1, 0.15) is 11.2 Å². The number of aryl methyl sites for hydroxylation is 1. The number of unbranched alkanes of at least 4 members (excludes halogenated alkanes) is 1. The maximum atomic E-state index is 6.37. The number of benzene rings is 7. The molecule has 4 aromatic heterocycles. The van der Waals surface area contributed by atoms with Crippen LogP contribution in [0.2, 0.25) is 0 Å². The van der Waals surface area contributed by atoms with Crippen molar-refractivity contribution < 1.29 is 4.42 Å². The van der Waals surface area contributed by atoms with E-state index in [1.165, 1.54) is 87.9 Å².